The van der Waals surface area contributed by atoms with Crippen molar-refractivity contribution in [3.8, 4) is 0 Å². The van der Waals surface area contributed by atoms with Crippen molar-refractivity contribution in [1.29, 1.82) is 0 Å². The molecule has 0 saturated heterocycles. The van der Waals surface area contributed by atoms with Crippen LogP contribution >= 0.6 is 0 Å². The van der Waals surface area contributed by atoms with Gasteiger partial charge in [-0.1, -0.05) is 30.3 Å². The Labute approximate surface area is 94.8 Å². The van der Waals surface area contributed by atoms with E-state index in [0.29, 0.717) is 6.54 Å². The first-order valence-corrected chi connectivity index (χ1v) is 5.22. The lowest BCUT2D eigenvalue weighted by Crippen LogP contribution is -2.37. The number of primary amides is 1. The van der Waals surface area contributed by atoms with Crippen LogP contribution in [-0.2, 0) is 16.0 Å². The SMILES string of the molecule is CC(C(N)=O)C(=O)NCCc1ccccc1. The molecule has 0 bridgehead atoms. The van der Waals surface area contributed by atoms with Crippen molar-refractivity contribution < 1.29 is 9.59 Å². The Morgan fingerprint density at radius 3 is 2.50 bits per heavy atom. The van der Waals surface area contributed by atoms with Crippen LogP contribution in [0.25, 0.3) is 0 Å². The van der Waals surface area contributed by atoms with E-state index >= 15 is 0 Å². The van der Waals surface area contributed by atoms with Crippen LogP contribution in [0.4, 0.5) is 0 Å². The quantitative estimate of drug-likeness (QED) is 0.708. The lowest BCUT2D eigenvalue weighted by molar-refractivity contribution is -0.132. The number of amides is 2. The number of nitrogens with two attached hydrogens (primary N) is 1. The molecule has 1 unspecified atom stereocenters. The van der Waals surface area contributed by atoms with Crippen molar-refractivity contribution in [2.45, 2.75) is 13.3 Å². The lowest BCUT2D eigenvalue weighted by Gasteiger charge is -2.08. The standard InChI is InChI=1S/C12H16N2O2/c1-9(11(13)15)12(16)14-8-7-10-5-3-2-4-6-10/h2-6,9H,7-8H2,1H3,(H2,13,15)(H,14,16). The fourth-order valence-electron chi connectivity index (χ4n) is 1.26. The summed E-state index contributed by atoms with van der Waals surface area (Å²) in [5, 5.41) is 2.67. The van der Waals surface area contributed by atoms with Crippen LogP contribution in [0.2, 0.25) is 0 Å². The van der Waals surface area contributed by atoms with Crippen molar-refractivity contribution in [2.75, 3.05) is 6.54 Å². The number of rotatable bonds is 5. The number of hydrogen-bond acceptors (Lipinski definition) is 2. The summed E-state index contributed by atoms with van der Waals surface area (Å²) in [6.07, 6.45) is 0.748. The van der Waals surface area contributed by atoms with E-state index in [4.69, 9.17) is 5.73 Å². The second kappa shape index (κ2) is 5.90. The summed E-state index contributed by atoms with van der Waals surface area (Å²) in [5.41, 5.74) is 6.17. The molecule has 4 heteroatoms. The number of hydrogen-bond donors (Lipinski definition) is 2. The van der Waals surface area contributed by atoms with Gasteiger partial charge in [-0.3, -0.25) is 9.59 Å². The van der Waals surface area contributed by atoms with E-state index in [-0.39, 0.29) is 5.91 Å². The van der Waals surface area contributed by atoms with E-state index in [1.54, 1.807) is 0 Å². The Bertz CT molecular complexity index is 363. The number of benzene rings is 1. The molecule has 1 rings (SSSR count). The molecule has 0 aliphatic heterocycles. The first-order chi connectivity index (χ1) is 7.61. The summed E-state index contributed by atoms with van der Waals surface area (Å²) in [7, 11) is 0. The Kier molecular flexibility index (Phi) is 4.51. The molecule has 1 aromatic rings. The van der Waals surface area contributed by atoms with E-state index < -0.39 is 11.8 Å². The monoisotopic (exact) mass is 220 g/mol. The number of carbonyl (C=O) groups excluding carboxylic acids is 2. The van der Waals surface area contributed by atoms with Crippen molar-refractivity contribution in [2.24, 2.45) is 11.7 Å². The number of carbonyl (C=O) groups is 2. The van der Waals surface area contributed by atoms with Gasteiger partial charge < -0.3 is 11.1 Å². The Hall–Kier alpha value is -1.84. The molecule has 0 heterocycles. The zero-order valence-corrected chi connectivity index (χ0v) is 9.27. The zero-order valence-electron chi connectivity index (χ0n) is 9.27. The highest BCUT2D eigenvalue weighted by atomic mass is 16.2. The maximum Gasteiger partial charge on any atom is 0.232 e. The summed E-state index contributed by atoms with van der Waals surface area (Å²) in [6, 6.07) is 9.82. The molecule has 0 aliphatic carbocycles. The Morgan fingerprint density at radius 2 is 1.94 bits per heavy atom. The van der Waals surface area contributed by atoms with E-state index in [1.165, 1.54) is 6.92 Å². The molecule has 0 saturated carbocycles. The fourth-order valence-corrected chi connectivity index (χ4v) is 1.26. The van der Waals surface area contributed by atoms with Crippen LogP contribution in [0.3, 0.4) is 0 Å². The van der Waals surface area contributed by atoms with Crippen LogP contribution in [-0.4, -0.2) is 18.4 Å². The maximum atomic E-state index is 11.4. The van der Waals surface area contributed by atoms with Crippen LogP contribution < -0.4 is 11.1 Å². The van der Waals surface area contributed by atoms with Gasteiger partial charge in [-0.25, -0.2) is 0 Å². The number of nitrogens with one attached hydrogen (secondary N) is 1. The van der Waals surface area contributed by atoms with Gasteiger partial charge in [-0.15, -0.1) is 0 Å². The van der Waals surface area contributed by atoms with E-state index in [1.807, 2.05) is 30.3 Å². The van der Waals surface area contributed by atoms with Gasteiger partial charge in [0.25, 0.3) is 0 Å². The van der Waals surface area contributed by atoms with Gasteiger partial charge in [0.15, 0.2) is 0 Å². The average molecular weight is 220 g/mol. The van der Waals surface area contributed by atoms with Gasteiger partial charge in [-0.2, -0.15) is 0 Å². The Morgan fingerprint density at radius 1 is 1.31 bits per heavy atom. The normalized spacial score (nSPS) is 11.8. The minimum atomic E-state index is -0.768. The summed E-state index contributed by atoms with van der Waals surface area (Å²) in [5.74, 6) is -1.68. The van der Waals surface area contributed by atoms with E-state index in [9.17, 15) is 9.59 Å². The average Bonchev–Trinajstić information content (AvgIpc) is 2.29. The van der Waals surface area contributed by atoms with Gasteiger partial charge in [-0.05, 0) is 18.9 Å². The molecule has 0 aromatic heterocycles. The molecule has 3 N–H and O–H groups in total. The second-order valence-corrected chi connectivity index (χ2v) is 3.65. The molecular formula is C12H16N2O2. The van der Waals surface area contributed by atoms with Gasteiger partial charge >= 0.3 is 0 Å². The zero-order chi connectivity index (χ0) is 12.0. The largest absolute Gasteiger partial charge is 0.369 e. The highest BCUT2D eigenvalue weighted by Gasteiger charge is 2.17. The van der Waals surface area contributed by atoms with Crippen molar-refractivity contribution >= 4 is 11.8 Å². The first-order valence-electron chi connectivity index (χ1n) is 5.22. The van der Waals surface area contributed by atoms with Crippen molar-refractivity contribution in [1.82, 2.24) is 5.32 Å². The third-order valence-corrected chi connectivity index (χ3v) is 2.38. The first kappa shape index (κ1) is 12.2. The van der Waals surface area contributed by atoms with Crippen LogP contribution in [0.1, 0.15) is 12.5 Å². The molecule has 4 nitrogen and oxygen atoms in total. The fraction of sp³-hybridized carbons (Fsp3) is 0.333. The molecule has 86 valence electrons. The van der Waals surface area contributed by atoms with Crippen molar-refractivity contribution in [3.05, 3.63) is 35.9 Å². The molecule has 1 atom stereocenters. The topological polar surface area (TPSA) is 72.2 Å². The Balaban J connectivity index is 2.31. The molecule has 0 spiro atoms. The molecule has 16 heavy (non-hydrogen) atoms. The van der Waals surface area contributed by atoms with Crippen LogP contribution in [0.5, 0.6) is 0 Å². The van der Waals surface area contributed by atoms with E-state index in [2.05, 4.69) is 5.32 Å². The van der Waals surface area contributed by atoms with E-state index in [0.717, 1.165) is 12.0 Å². The summed E-state index contributed by atoms with van der Waals surface area (Å²) in [4.78, 5) is 22.1. The summed E-state index contributed by atoms with van der Waals surface area (Å²) >= 11 is 0. The molecule has 0 radical (unpaired) electrons. The van der Waals surface area contributed by atoms with Crippen LogP contribution in [0.15, 0.2) is 30.3 Å². The predicted molar refractivity (Wildman–Crippen MR) is 61.5 cm³/mol. The molecule has 0 aliphatic rings. The highest BCUT2D eigenvalue weighted by molar-refractivity contribution is 5.99. The van der Waals surface area contributed by atoms with Gasteiger partial charge in [0.2, 0.25) is 11.8 Å². The van der Waals surface area contributed by atoms with Crippen LogP contribution in [0, 0.1) is 5.92 Å². The molecule has 1 aromatic carbocycles. The van der Waals surface area contributed by atoms with Gasteiger partial charge in [0.05, 0.1) is 0 Å². The third kappa shape index (κ3) is 3.73. The second-order valence-electron chi connectivity index (χ2n) is 3.65. The third-order valence-electron chi connectivity index (χ3n) is 2.38. The molecule has 0 fully saturated rings. The summed E-state index contributed by atoms with van der Waals surface area (Å²) < 4.78 is 0. The van der Waals surface area contributed by atoms with Gasteiger partial charge in [0.1, 0.15) is 5.92 Å². The smallest absolute Gasteiger partial charge is 0.232 e. The maximum absolute atomic E-state index is 11.4. The lowest BCUT2D eigenvalue weighted by atomic mass is 10.1. The summed E-state index contributed by atoms with van der Waals surface area (Å²) in [6.45, 7) is 2.01. The molecular weight excluding hydrogens is 204 g/mol. The highest BCUT2D eigenvalue weighted by Crippen LogP contribution is 1.99. The molecule has 2 amide bonds. The minimum Gasteiger partial charge on any atom is -0.369 e. The predicted octanol–water partition coefficient (Wildman–Crippen LogP) is 0.467. The minimum absolute atomic E-state index is 0.316. The van der Waals surface area contributed by atoms with Crippen molar-refractivity contribution in [3.63, 3.8) is 0 Å². The van der Waals surface area contributed by atoms with Gasteiger partial charge in [0, 0.05) is 6.54 Å².